The molecule has 1 N–H and O–H groups in total. The minimum Gasteiger partial charge on any atom is -0.361 e. The van der Waals surface area contributed by atoms with Crippen LogP contribution < -0.4 is 0 Å². The lowest BCUT2D eigenvalue weighted by atomic mass is 10.1. The van der Waals surface area contributed by atoms with E-state index >= 15 is 0 Å². The van der Waals surface area contributed by atoms with Crippen LogP contribution in [0.5, 0.6) is 0 Å². The van der Waals surface area contributed by atoms with Crippen molar-refractivity contribution < 1.29 is 8.78 Å². The molecule has 1 heterocycles. The standard InChI is InChI=1S/C12H14F2N2/c1-16(2)6-5-8-7-15-10-4-3-9(13)12(14)11(8)10/h3-4,7,15H,5-6H2,1-2H3. The third-order valence-electron chi connectivity index (χ3n) is 2.65. The molecular formula is C12H14F2N2. The van der Waals surface area contributed by atoms with Gasteiger partial charge in [-0.15, -0.1) is 0 Å². The summed E-state index contributed by atoms with van der Waals surface area (Å²) in [6, 6.07) is 2.71. The summed E-state index contributed by atoms with van der Waals surface area (Å²) in [5.41, 5.74) is 1.47. The van der Waals surface area contributed by atoms with Gasteiger partial charge in [0.1, 0.15) is 0 Å². The Morgan fingerprint density at radius 2 is 2.00 bits per heavy atom. The molecule has 1 aromatic carbocycles. The van der Waals surface area contributed by atoms with Crippen molar-refractivity contribution in [1.29, 1.82) is 0 Å². The van der Waals surface area contributed by atoms with Gasteiger partial charge < -0.3 is 9.88 Å². The van der Waals surface area contributed by atoms with Crippen LogP contribution in [-0.4, -0.2) is 30.5 Å². The fourth-order valence-corrected chi connectivity index (χ4v) is 1.76. The van der Waals surface area contributed by atoms with Crippen LogP contribution in [0.25, 0.3) is 10.9 Å². The molecule has 0 saturated carbocycles. The van der Waals surface area contributed by atoms with Crippen LogP contribution in [0.15, 0.2) is 18.3 Å². The summed E-state index contributed by atoms with van der Waals surface area (Å²) in [6.07, 6.45) is 2.45. The first-order chi connectivity index (χ1) is 7.59. The van der Waals surface area contributed by atoms with Gasteiger partial charge in [-0.05, 0) is 38.2 Å². The summed E-state index contributed by atoms with van der Waals surface area (Å²) >= 11 is 0. The van der Waals surface area contributed by atoms with Crippen LogP contribution in [0, 0.1) is 11.6 Å². The molecule has 0 unspecified atom stereocenters. The van der Waals surface area contributed by atoms with Gasteiger partial charge in [0, 0.05) is 23.6 Å². The summed E-state index contributed by atoms with van der Waals surface area (Å²) in [7, 11) is 3.90. The van der Waals surface area contributed by atoms with E-state index in [1.807, 2.05) is 19.0 Å². The first kappa shape index (κ1) is 11.1. The summed E-state index contributed by atoms with van der Waals surface area (Å²) < 4.78 is 26.7. The molecule has 0 saturated heterocycles. The lowest BCUT2D eigenvalue weighted by Gasteiger charge is -2.08. The molecule has 0 aliphatic rings. The van der Waals surface area contributed by atoms with Gasteiger partial charge in [0.15, 0.2) is 11.6 Å². The first-order valence-corrected chi connectivity index (χ1v) is 5.18. The second-order valence-corrected chi connectivity index (χ2v) is 4.15. The van der Waals surface area contributed by atoms with Crippen molar-refractivity contribution in [3.8, 4) is 0 Å². The third-order valence-corrected chi connectivity index (χ3v) is 2.65. The zero-order valence-corrected chi connectivity index (χ0v) is 9.35. The van der Waals surface area contributed by atoms with Crippen molar-refractivity contribution in [3.05, 3.63) is 35.5 Å². The largest absolute Gasteiger partial charge is 0.361 e. The van der Waals surface area contributed by atoms with E-state index in [1.165, 1.54) is 0 Å². The van der Waals surface area contributed by atoms with E-state index in [1.54, 1.807) is 12.3 Å². The van der Waals surface area contributed by atoms with E-state index in [-0.39, 0.29) is 0 Å². The molecule has 86 valence electrons. The minimum atomic E-state index is -0.793. The minimum absolute atomic E-state index is 0.377. The van der Waals surface area contributed by atoms with E-state index in [0.717, 1.165) is 18.2 Å². The number of nitrogens with one attached hydrogen (secondary N) is 1. The van der Waals surface area contributed by atoms with Crippen molar-refractivity contribution in [2.24, 2.45) is 0 Å². The number of fused-ring (bicyclic) bond motifs is 1. The highest BCUT2D eigenvalue weighted by atomic mass is 19.2. The molecule has 0 fully saturated rings. The van der Waals surface area contributed by atoms with Gasteiger partial charge in [-0.2, -0.15) is 0 Å². The van der Waals surface area contributed by atoms with Gasteiger partial charge in [-0.3, -0.25) is 0 Å². The summed E-state index contributed by atoms with van der Waals surface area (Å²) in [4.78, 5) is 4.96. The monoisotopic (exact) mass is 224 g/mol. The van der Waals surface area contributed by atoms with Crippen molar-refractivity contribution in [1.82, 2.24) is 9.88 Å². The normalized spacial score (nSPS) is 11.6. The lowest BCUT2D eigenvalue weighted by molar-refractivity contribution is 0.414. The van der Waals surface area contributed by atoms with E-state index in [9.17, 15) is 8.78 Å². The van der Waals surface area contributed by atoms with Crippen LogP contribution in [0.1, 0.15) is 5.56 Å². The zero-order chi connectivity index (χ0) is 11.7. The Labute approximate surface area is 92.9 Å². The molecule has 2 nitrogen and oxygen atoms in total. The highest BCUT2D eigenvalue weighted by molar-refractivity contribution is 5.83. The zero-order valence-electron chi connectivity index (χ0n) is 9.35. The Hall–Kier alpha value is -1.42. The highest BCUT2D eigenvalue weighted by Crippen LogP contribution is 2.24. The Bertz CT molecular complexity index is 503. The molecule has 0 amide bonds. The van der Waals surface area contributed by atoms with Gasteiger partial charge in [0.25, 0.3) is 0 Å². The molecule has 0 spiro atoms. The fourth-order valence-electron chi connectivity index (χ4n) is 1.76. The fraction of sp³-hybridized carbons (Fsp3) is 0.333. The number of hydrogen-bond donors (Lipinski definition) is 1. The summed E-state index contributed by atoms with van der Waals surface area (Å²) in [5, 5.41) is 0.377. The lowest BCUT2D eigenvalue weighted by Crippen LogP contribution is -2.14. The number of halogens is 2. The number of H-pyrrole nitrogens is 1. The Balaban J connectivity index is 2.42. The molecule has 0 aliphatic heterocycles. The Kier molecular flexibility index (Phi) is 2.92. The average Bonchev–Trinajstić information content (AvgIpc) is 2.64. The second-order valence-electron chi connectivity index (χ2n) is 4.15. The van der Waals surface area contributed by atoms with Crippen LogP contribution in [-0.2, 0) is 6.42 Å². The SMILES string of the molecule is CN(C)CCc1c[nH]c2ccc(F)c(F)c12. The molecule has 1 aromatic heterocycles. The second kappa shape index (κ2) is 4.22. The molecule has 0 atom stereocenters. The van der Waals surface area contributed by atoms with E-state index in [4.69, 9.17) is 0 Å². The molecule has 2 rings (SSSR count). The maximum atomic E-state index is 13.6. The Morgan fingerprint density at radius 3 is 2.69 bits per heavy atom. The number of aromatic amines is 1. The molecule has 0 radical (unpaired) electrons. The van der Waals surface area contributed by atoms with Crippen LogP contribution in [0.4, 0.5) is 8.78 Å². The van der Waals surface area contributed by atoms with Gasteiger partial charge >= 0.3 is 0 Å². The van der Waals surface area contributed by atoms with Gasteiger partial charge in [-0.25, -0.2) is 8.78 Å². The smallest absolute Gasteiger partial charge is 0.168 e. The molecule has 4 heteroatoms. The number of aromatic nitrogens is 1. The van der Waals surface area contributed by atoms with Gasteiger partial charge in [0.05, 0.1) is 0 Å². The molecule has 16 heavy (non-hydrogen) atoms. The number of benzene rings is 1. The van der Waals surface area contributed by atoms with Crippen molar-refractivity contribution >= 4 is 10.9 Å². The summed E-state index contributed by atoms with van der Waals surface area (Å²) in [6.45, 7) is 0.808. The van der Waals surface area contributed by atoms with Crippen LogP contribution in [0.3, 0.4) is 0 Å². The topological polar surface area (TPSA) is 19.0 Å². The summed E-state index contributed by atoms with van der Waals surface area (Å²) in [5.74, 6) is -1.55. The van der Waals surface area contributed by atoms with Gasteiger partial charge in [0.2, 0.25) is 0 Å². The van der Waals surface area contributed by atoms with Crippen molar-refractivity contribution in [2.45, 2.75) is 6.42 Å². The Morgan fingerprint density at radius 1 is 1.25 bits per heavy atom. The van der Waals surface area contributed by atoms with Crippen molar-refractivity contribution in [2.75, 3.05) is 20.6 Å². The predicted molar refractivity (Wildman–Crippen MR) is 60.5 cm³/mol. The molecule has 0 aliphatic carbocycles. The van der Waals surface area contributed by atoms with E-state index < -0.39 is 11.6 Å². The van der Waals surface area contributed by atoms with Crippen molar-refractivity contribution in [3.63, 3.8) is 0 Å². The maximum Gasteiger partial charge on any atom is 0.168 e. The van der Waals surface area contributed by atoms with Crippen LogP contribution in [0.2, 0.25) is 0 Å². The van der Waals surface area contributed by atoms with Crippen LogP contribution >= 0.6 is 0 Å². The number of nitrogens with zero attached hydrogens (tertiary/aromatic N) is 1. The molecule has 0 bridgehead atoms. The number of likely N-dealkylation sites (N-methyl/N-ethyl adjacent to an activating group) is 1. The third kappa shape index (κ3) is 1.93. The molecule has 2 aromatic rings. The van der Waals surface area contributed by atoms with E-state index in [2.05, 4.69) is 4.98 Å². The average molecular weight is 224 g/mol. The maximum absolute atomic E-state index is 13.6. The van der Waals surface area contributed by atoms with Gasteiger partial charge in [-0.1, -0.05) is 0 Å². The number of hydrogen-bond acceptors (Lipinski definition) is 1. The predicted octanol–water partition coefficient (Wildman–Crippen LogP) is 2.55. The quantitative estimate of drug-likeness (QED) is 0.848. The number of rotatable bonds is 3. The first-order valence-electron chi connectivity index (χ1n) is 5.18. The van der Waals surface area contributed by atoms with E-state index in [0.29, 0.717) is 17.3 Å². The molecular weight excluding hydrogens is 210 g/mol. The highest BCUT2D eigenvalue weighted by Gasteiger charge is 2.12.